The van der Waals surface area contributed by atoms with E-state index < -0.39 is 18.6 Å². The first-order chi connectivity index (χ1) is 68.6. The number of para-hydroxylation sites is 4. The topological polar surface area (TPSA) is 128 Å². The fourth-order valence-electron chi connectivity index (χ4n) is 19.1. The van der Waals surface area contributed by atoms with E-state index in [9.17, 15) is 0 Å². The van der Waals surface area contributed by atoms with Gasteiger partial charge in [0.2, 0.25) is 45.6 Å². The van der Waals surface area contributed by atoms with Crippen LogP contribution in [-0.2, 0) is 42.3 Å². The molecule has 14 aromatic heterocycles. The van der Waals surface area contributed by atoms with Gasteiger partial charge in [-0.3, -0.25) is 0 Å². The van der Waals surface area contributed by atoms with Gasteiger partial charge in [-0.15, -0.1) is 0 Å². The zero-order valence-electron chi connectivity index (χ0n) is 86.9. The Bertz CT molecular complexity index is 8720. The van der Waals surface area contributed by atoms with Crippen molar-refractivity contribution in [2.45, 2.75) is 120 Å². The average molecular weight is 1820 g/mol. The van der Waals surface area contributed by atoms with Crippen LogP contribution in [0.15, 0.2) is 355 Å². The van der Waals surface area contributed by atoms with Crippen molar-refractivity contribution >= 4 is 132 Å². The van der Waals surface area contributed by atoms with E-state index in [-0.39, 0.29) is 0 Å². The van der Waals surface area contributed by atoms with Crippen LogP contribution < -0.4 is 27.4 Å². The van der Waals surface area contributed by atoms with Gasteiger partial charge < -0.3 is 26.5 Å². The van der Waals surface area contributed by atoms with Gasteiger partial charge in [-0.1, -0.05) is 201 Å². The van der Waals surface area contributed by atoms with Gasteiger partial charge in [0.1, 0.15) is 87.0 Å². The maximum Gasteiger partial charge on any atom is 0.227 e. The van der Waals surface area contributed by atoms with Crippen LogP contribution >= 0.6 is 0 Å². The third-order valence-electron chi connectivity index (χ3n) is 26.9. The van der Waals surface area contributed by atoms with Crippen molar-refractivity contribution in [2.24, 2.45) is 42.3 Å². The zero-order chi connectivity index (χ0) is 101. The lowest BCUT2D eigenvalue weighted by atomic mass is 9.97. The Labute approximate surface area is 812 Å². The Hall–Kier alpha value is -15.8. The highest BCUT2D eigenvalue weighted by atomic mass is 16.4. The molecular weight excluding hydrogens is 1700 g/mol. The highest BCUT2D eigenvalue weighted by molar-refractivity contribution is 6.15. The third kappa shape index (κ3) is 17.3. The minimum atomic E-state index is -2.43. The van der Waals surface area contributed by atoms with Crippen LogP contribution in [0.2, 0.25) is 0 Å². The molecule has 0 saturated heterocycles. The highest BCUT2D eigenvalue weighted by Gasteiger charge is 2.29. The molecule has 0 aliphatic carbocycles. The molecule has 14 heteroatoms. The van der Waals surface area contributed by atoms with Crippen LogP contribution in [0.25, 0.3) is 199 Å². The van der Waals surface area contributed by atoms with E-state index in [0.29, 0.717) is 28.8 Å². The second-order valence-corrected chi connectivity index (χ2v) is 37.2. The highest BCUT2D eigenvalue weighted by Crippen LogP contribution is 2.45. The molecule has 0 radical (unpaired) electrons. The van der Waals surface area contributed by atoms with Crippen molar-refractivity contribution in [1.29, 1.82) is 0 Å². The van der Waals surface area contributed by atoms with E-state index in [1.54, 1.807) is 24.5 Å². The van der Waals surface area contributed by atoms with Crippen molar-refractivity contribution in [3.05, 3.63) is 384 Å². The second kappa shape index (κ2) is 38.2. The quantitative estimate of drug-likeness (QED) is 0.124. The minimum absolute atomic E-state index is 0.452. The van der Waals surface area contributed by atoms with Crippen LogP contribution in [0.5, 0.6) is 0 Å². The van der Waals surface area contributed by atoms with Crippen LogP contribution in [0, 0.1) is 41.5 Å². The fourth-order valence-corrected chi connectivity index (χ4v) is 19.1. The fraction of sp³-hybridized carbons (Fsp3) is 0.194. The van der Waals surface area contributed by atoms with Gasteiger partial charge >= 0.3 is 0 Å². The molecule has 24 rings (SSSR count). The SMILES string of the molecule is Cc1ccc2c(oc3ccccc32)c1-c1cc(C(C)C)cc[n+]1C.Cc1ccc2c(oc3ccccc32)c1-c1cccc[n+]1C.Cc1ccc2c(oc3ncccc32)c1-c1cc(C(C)C)cc[n+]1C.Cc1ccc2c(oc3ncccc32)c1-c1cccc[n+]1C.[2H]C(C)(C)c1cc[n+](C)c(-c2c(C)ccc3c2oc2ccccc23)c1.[2H]C([2H])([2H])C([2H])(C)c1cc[n+](C)c(-c2c(C)ccc3c2oc2ccccc23)c1. The summed E-state index contributed by atoms with van der Waals surface area (Å²) in [5.41, 5.74) is 34.9. The Balaban J connectivity index is 0.000000109. The smallest absolute Gasteiger partial charge is 0.227 e. The minimum Gasteiger partial charge on any atom is -0.455 e. The third-order valence-corrected chi connectivity index (χ3v) is 26.9. The lowest BCUT2D eigenvalue weighted by molar-refractivity contribution is -0.660. The molecule has 0 saturated carbocycles. The van der Waals surface area contributed by atoms with Crippen LogP contribution in [0.1, 0.15) is 141 Å². The number of aryl methyl sites for hydroxylation is 12. The van der Waals surface area contributed by atoms with Gasteiger partial charge in [0.05, 0.1) is 33.4 Å². The number of hydrogen-bond acceptors (Lipinski definition) is 8. The van der Waals surface area contributed by atoms with E-state index in [1.807, 2.05) is 149 Å². The number of fused-ring (bicyclic) bond motifs is 18. The molecule has 684 valence electrons. The van der Waals surface area contributed by atoms with Crippen molar-refractivity contribution < 1.29 is 60.8 Å². The van der Waals surface area contributed by atoms with Crippen molar-refractivity contribution in [3.63, 3.8) is 0 Å². The van der Waals surface area contributed by atoms with Crippen LogP contribution in [-0.4, -0.2) is 9.97 Å². The molecule has 0 aliphatic rings. The molecule has 24 aromatic rings. The average Bonchev–Trinajstić information content (AvgIpc) is 1.72. The molecule has 14 heterocycles. The molecule has 0 fully saturated rings. The maximum atomic E-state index is 8.46. The number of benzene rings is 10. The molecule has 0 aliphatic heterocycles. The van der Waals surface area contributed by atoms with Crippen molar-refractivity contribution in [2.75, 3.05) is 0 Å². The lowest BCUT2D eigenvalue weighted by Gasteiger charge is -2.09. The molecule has 0 bridgehead atoms. The number of furan rings is 6. The first-order valence-electron chi connectivity index (χ1n) is 49.7. The second-order valence-electron chi connectivity index (χ2n) is 37.2. The van der Waals surface area contributed by atoms with Gasteiger partial charge in [-0.25, -0.2) is 37.4 Å². The van der Waals surface area contributed by atoms with Gasteiger partial charge in [-0.2, -0.15) is 0 Å². The maximum absolute atomic E-state index is 8.46. The van der Waals surface area contributed by atoms with Gasteiger partial charge in [0.25, 0.3) is 0 Å². The largest absolute Gasteiger partial charge is 0.455 e. The van der Waals surface area contributed by atoms with E-state index in [4.69, 9.17) is 33.4 Å². The summed E-state index contributed by atoms with van der Waals surface area (Å²) in [5, 5.41) is 13.4. The van der Waals surface area contributed by atoms with E-state index in [0.717, 1.165) is 149 Å². The first kappa shape index (κ1) is 85.1. The molecule has 14 nitrogen and oxygen atoms in total. The Kier molecular flexibility index (Phi) is 23.5. The van der Waals surface area contributed by atoms with Gasteiger partial charge in [0.15, 0.2) is 48.3 Å². The lowest BCUT2D eigenvalue weighted by Crippen LogP contribution is -2.31. The molecule has 1 atom stereocenters. The summed E-state index contributed by atoms with van der Waals surface area (Å²) in [7, 11) is 12.2. The molecule has 0 N–H and O–H groups in total. The Morgan fingerprint density at radius 1 is 0.232 bits per heavy atom. The summed E-state index contributed by atoms with van der Waals surface area (Å²) in [6.07, 6.45) is 15.8. The predicted octanol–water partition coefficient (Wildman–Crippen LogP) is 29.6. The summed E-state index contributed by atoms with van der Waals surface area (Å²) < 4.78 is 89.8. The molecule has 0 amide bonds. The van der Waals surface area contributed by atoms with Crippen LogP contribution in [0.3, 0.4) is 0 Å². The number of pyridine rings is 8. The van der Waals surface area contributed by atoms with Gasteiger partial charge in [-0.05, 0) is 181 Å². The zero-order valence-corrected chi connectivity index (χ0v) is 81.9. The standard InChI is InChI=1S/3C22H22NO.C21H21N2O.C19H16NO.C18H15N2O/c3*1-14(2)16-11-12-23(4)19(13-16)21-15(3)9-10-18-17-7-5-6-8-20(17)24-22(18)21;1-13(2)15-9-11-23(4)18(12-15)19-14(3)7-8-16-17-6-5-10-22-21(17)24-20(16)19;1-13-10-11-15-14-7-3-4-9-17(14)21-19(15)18(13)16-8-5-6-12-20(16)2;1-12-8-9-13-14-6-5-10-19-18(14)21-17(13)16(12)15-7-3-4-11-20(15)2/h3*5-14H,1-4H3;5-13H,1-4H3;3-12H,1-2H3;3-11H,1-2H3/q6*+1/i1D3,14D;14D;;;;. The number of hydrogen-bond donors (Lipinski definition) is 0. The first-order valence-corrected chi connectivity index (χ1v) is 47.2. The summed E-state index contributed by atoms with van der Waals surface area (Å²) in [4.78, 5) is 8.71. The Morgan fingerprint density at radius 2 is 0.471 bits per heavy atom. The van der Waals surface area contributed by atoms with Crippen molar-refractivity contribution in [3.8, 4) is 67.5 Å². The summed E-state index contributed by atoms with van der Waals surface area (Å²) in [6.45, 7) is 24.4. The monoisotopic (exact) mass is 1820 g/mol. The normalized spacial score (nSPS) is 12.7. The molecule has 1 unspecified atom stereocenters. The summed E-state index contributed by atoms with van der Waals surface area (Å²) >= 11 is 0. The van der Waals surface area contributed by atoms with E-state index in [2.05, 4.69) is 318 Å². The summed E-state index contributed by atoms with van der Waals surface area (Å²) in [6, 6.07) is 95.2. The van der Waals surface area contributed by atoms with Crippen molar-refractivity contribution in [1.82, 2.24) is 9.97 Å². The Morgan fingerprint density at radius 3 is 0.754 bits per heavy atom. The van der Waals surface area contributed by atoms with E-state index in [1.165, 1.54) is 95.6 Å². The summed E-state index contributed by atoms with van der Waals surface area (Å²) in [5.74, 6) is -1.35. The molecule has 138 heavy (non-hydrogen) atoms. The predicted molar refractivity (Wildman–Crippen MR) is 562 cm³/mol. The molecule has 0 spiro atoms. The number of rotatable bonds is 10. The number of nitrogens with zero attached hydrogens (tertiary/aromatic N) is 8. The van der Waals surface area contributed by atoms with E-state index >= 15 is 0 Å². The molecular formula is C124H118N8O6+6. The van der Waals surface area contributed by atoms with Gasteiger partial charge in [0, 0.05) is 157 Å². The number of aromatic nitrogens is 8. The van der Waals surface area contributed by atoms with Crippen LogP contribution in [0.4, 0.5) is 0 Å². The molecule has 10 aromatic carbocycles.